The Morgan fingerprint density at radius 2 is 1.80 bits per heavy atom. The van der Waals surface area contributed by atoms with Crippen molar-refractivity contribution in [3.8, 4) is 5.75 Å². The van der Waals surface area contributed by atoms with Crippen molar-refractivity contribution in [2.24, 2.45) is 0 Å². The Kier molecular flexibility index (Phi) is 7.65. The van der Waals surface area contributed by atoms with Gasteiger partial charge in [-0.15, -0.1) is 5.10 Å². The number of nitrogens with zero attached hydrogens (tertiary/aromatic N) is 7. The van der Waals surface area contributed by atoms with Crippen LogP contribution in [0.4, 0.5) is 25.1 Å². The summed E-state index contributed by atoms with van der Waals surface area (Å²) in [7, 11) is -9.91. The van der Waals surface area contributed by atoms with Crippen LogP contribution in [-0.4, -0.2) is 77.3 Å². The molecule has 1 spiro atoms. The molecule has 0 saturated carbocycles. The average Bonchev–Trinajstić information content (AvgIpc) is 3.64. The molecule has 19 heteroatoms. The van der Waals surface area contributed by atoms with Crippen molar-refractivity contribution in [1.82, 2.24) is 34.0 Å². The molecular formula is C32H33F5N8O5S. The summed E-state index contributed by atoms with van der Waals surface area (Å²) in [5.74, 6) is -1.38. The maximum atomic E-state index is 14.4. The number of likely N-dealkylation sites (tertiary alicyclic amines) is 1. The van der Waals surface area contributed by atoms with E-state index in [4.69, 9.17) is 4.74 Å². The number of piperidine rings is 1. The Morgan fingerprint density at radius 3 is 2.45 bits per heavy atom. The number of carbonyl (C=O) groups is 2. The SMILES string of the molecule is Cc1ncnc(C(=O)N2CCC3(CC2)C[C@H](C)c2c3c(=O)n3nc(C4=CCOCC4)nc3n2CC(=O)Nc2ccc(S(F)(F)(F)(F)F)cc2)c1O. The molecule has 2 N–H and O–H groups in total. The van der Waals surface area contributed by atoms with Crippen molar-refractivity contribution >= 4 is 39.1 Å². The number of carbonyl (C=O) groups excluding carboxylic acids is 2. The number of ether oxygens (including phenoxy) is 1. The first kappa shape index (κ1) is 34.5. The molecule has 0 radical (unpaired) electrons. The second-order valence-corrected chi connectivity index (χ2v) is 15.6. The molecule has 51 heavy (non-hydrogen) atoms. The maximum Gasteiger partial charge on any atom is 0.310 e. The van der Waals surface area contributed by atoms with Crippen LogP contribution in [0.2, 0.25) is 0 Å². The molecule has 5 heterocycles. The second-order valence-electron chi connectivity index (χ2n) is 13.2. The van der Waals surface area contributed by atoms with Gasteiger partial charge in [0.2, 0.25) is 11.7 Å². The van der Waals surface area contributed by atoms with Crippen LogP contribution in [0.25, 0.3) is 11.4 Å². The minimum atomic E-state index is -9.91. The number of aromatic hydroxyl groups is 1. The topological polar surface area (TPSA) is 157 Å². The molecule has 3 aliphatic rings. The standard InChI is InChI=1S/C32H33F5N8O5S/c1-18-15-32(9-11-43(12-10-32)30(49)25-27(47)19(2)38-17-39-25)24-26(18)44(31-41-28(42-45(31)29(24)48)20-7-13-50-14-8-20)16-23(46)40-21-3-5-22(6-4-21)51(33,34,35,36)37/h3-7,17-18,47H,8-16H2,1-2H3,(H,40,46)/t18-/m0/s1. The Bertz CT molecular complexity index is 2200. The van der Waals surface area contributed by atoms with Crippen molar-refractivity contribution in [2.45, 2.75) is 62.3 Å². The summed E-state index contributed by atoms with van der Waals surface area (Å²) in [6.07, 6.45) is 4.78. The zero-order valence-electron chi connectivity index (χ0n) is 27.4. The van der Waals surface area contributed by atoms with Gasteiger partial charge in [0.25, 0.3) is 11.5 Å². The predicted molar refractivity (Wildman–Crippen MR) is 175 cm³/mol. The number of hydrogen-bond acceptors (Lipinski definition) is 9. The van der Waals surface area contributed by atoms with Crippen LogP contribution in [0.5, 0.6) is 5.75 Å². The summed E-state index contributed by atoms with van der Waals surface area (Å²) in [4.78, 5) is 53.2. The number of aromatic nitrogens is 6. The Hall–Kier alpha value is -4.91. The summed E-state index contributed by atoms with van der Waals surface area (Å²) in [6.45, 7) is 4.29. The van der Waals surface area contributed by atoms with E-state index in [0.717, 1.165) is 22.2 Å². The monoisotopic (exact) mass is 736 g/mol. The first-order valence-corrected chi connectivity index (χ1v) is 18.1. The lowest BCUT2D eigenvalue weighted by Gasteiger charge is -2.40. The van der Waals surface area contributed by atoms with E-state index in [0.29, 0.717) is 50.2 Å². The van der Waals surface area contributed by atoms with E-state index in [1.165, 1.54) is 6.33 Å². The minimum Gasteiger partial charge on any atom is -0.504 e. The fourth-order valence-electron chi connectivity index (χ4n) is 7.40. The lowest BCUT2D eigenvalue weighted by molar-refractivity contribution is -0.116. The molecule has 1 aliphatic carbocycles. The number of hydrogen-bond donors (Lipinski definition) is 2. The van der Waals surface area contributed by atoms with E-state index in [-0.39, 0.29) is 65.6 Å². The molecule has 0 unspecified atom stereocenters. The maximum absolute atomic E-state index is 14.4. The van der Waals surface area contributed by atoms with Gasteiger partial charge in [0.05, 0.1) is 18.9 Å². The number of anilines is 1. The van der Waals surface area contributed by atoms with Gasteiger partial charge in [0.1, 0.15) is 17.8 Å². The van der Waals surface area contributed by atoms with Crippen LogP contribution < -0.4 is 10.9 Å². The number of nitrogens with one attached hydrogen (secondary N) is 1. The lowest BCUT2D eigenvalue weighted by Crippen LogP contribution is -2.46. The van der Waals surface area contributed by atoms with Crippen molar-refractivity contribution in [3.63, 3.8) is 0 Å². The van der Waals surface area contributed by atoms with Gasteiger partial charge in [-0.3, -0.25) is 14.4 Å². The molecule has 4 aromatic rings. The minimum absolute atomic E-state index is 0.0821. The first-order valence-electron chi connectivity index (χ1n) is 16.1. The van der Waals surface area contributed by atoms with Gasteiger partial charge in [-0.25, -0.2) is 9.97 Å². The van der Waals surface area contributed by atoms with Crippen LogP contribution in [0.1, 0.15) is 71.8 Å². The van der Waals surface area contributed by atoms with Gasteiger partial charge >= 0.3 is 10.2 Å². The third kappa shape index (κ3) is 6.21. The van der Waals surface area contributed by atoms with E-state index in [1.807, 2.05) is 6.92 Å². The molecule has 3 aromatic heterocycles. The van der Waals surface area contributed by atoms with Crippen LogP contribution in [0, 0.1) is 6.92 Å². The highest BCUT2D eigenvalue weighted by atomic mass is 32.5. The van der Waals surface area contributed by atoms with Crippen LogP contribution in [0.15, 0.2) is 46.4 Å². The Labute approximate surface area is 286 Å². The van der Waals surface area contributed by atoms with Crippen LogP contribution in [0.3, 0.4) is 0 Å². The number of rotatable bonds is 6. The predicted octanol–water partition coefficient (Wildman–Crippen LogP) is 5.48. The lowest BCUT2D eigenvalue weighted by atomic mass is 9.73. The highest BCUT2D eigenvalue weighted by Crippen LogP contribution is 3.02. The van der Waals surface area contributed by atoms with Gasteiger partial charge in [0.15, 0.2) is 17.3 Å². The summed E-state index contributed by atoms with van der Waals surface area (Å²) in [5, 5.41) is 17.4. The van der Waals surface area contributed by atoms with E-state index in [9.17, 15) is 38.9 Å². The van der Waals surface area contributed by atoms with E-state index in [1.54, 1.807) is 22.5 Å². The smallest absolute Gasteiger partial charge is 0.310 e. The average molecular weight is 737 g/mol. The third-order valence-electron chi connectivity index (χ3n) is 9.83. The van der Waals surface area contributed by atoms with Crippen molar-refractivity contribution in [1.29, 1.82) is 0 Å². The highest BCUT2D eigenvalue weighted by molar-refractivity contribution is 8.45. The normalized spacial score (nSPS) is 20.1. The number of fused-ring (bicyclic) bond motifs is 3. The number of benzene rings is 1. The molecule has 1 aromatic carbocycles. The van der Waals surface area contributed by atoms with Crippen molar-refractivity contribution in [3.05, 3.63) is 75.5 Å². The quantitative estimate of drug-likeness (QED) is 0.245. The molecule has 272 valence electrons. The molecule has 2 amide bonds. The highest BCUT2D eigenvalue weighted by Gasteiger charge is 2.65. The zero-order chi connectivity index (χ0) is 36.6. The van der Waals surface area contributed by atoms with Crippen LogP contribution in [-0.2, 0) is 21.5 Å². The van der Waals surface area contributed by atoms with E-state index in [2.05, 4.69) is 25.4 Å². The fraction of sp³-hybridized carbons (Fsp3) is 0.406. The number of aryl methyl sites for hydroxylation is 1. The van der Waals surface area contributed by atoms with E-state index < -0.39 is 44.5 Å². The fourth-order valence-corrected chi connectivity index (χ4v) is 8.05. The molecule has 1 atom stereocenters. The summed E-state index contributed by atoms with van der Waals surface area (Å²) >= 11 is 0. The third-order valence-corrected chi connectivity index (χ3v) is 11.0. The number of amides is 2. The summed E-state index contributed by atoms with van der Waals surface area (Å²) in [5.41, 5.74) is 0.617. The molecule has 1 saturated heterocycles. The second kappa shape index (κ2) is 11.3. The molecule has 1 fully saturated rings. The molecule has 7 rings (SSSR count). The molecule has 0 bridgehead atoms. The van der Waals surface area contributed by atoms with Gasteiger partial charge in [-0.05, 0) is 68.4 Å². The first-order chi connectivity index (χ1) is 23.8. The van der Waals surface area contributed by atoms with Crippen LogP contribution >= 0.6 is 10.2 Å². The molecule has 13 nitrogen and oxygen atoms in total. The summed E-state index contributed by atoms with van der Waals surface area (Å²) < 4.78 is 74.4. The summed E-state index contributed by atoms with van der Waals surface area (Å²) in [6, 6.07) is 1.93. The molecular weight excluding hydrogens is 703 g/mol. The van der Waals surface area contributed by atoms with Gasteiger partial charge in [-0.2, -0.15) is 9.50 Å². The van der Waals surface area contributed by atoms with E-state index >= 15 is 0 Å². The number of halogens is 5. The van der Waals surface area contributed by atoms with Gasteiger partial charge in [-0.1, -0.05) is 32.4 Å². The van der Waals surface area contributed by atoms with Gasteiger partial charge in [0, 0.05) is 35.4 Å². The van der Waals surface area contributed by atoms with Gasteiger partial charge < -0.3 is 24.6 Å². The van der Waals surface area contributed by atoms with Crippen molar-refractivity contribution in [2.75, 3.05) is 31.6 Å². The molecule has 2 aliphatic heterocycles. The Balaban J connectivity index is 1.25. The zero-order valence-corrected chi connectivity index (χ0v) is 28.2. The Morgan fingerprint density at radius 1 is 1.10 bits per heavy atom. The van der Waals surface area contributed by atoms with Crippen molar-refractivity contribution < 1.29 is 38.9 Å². The largest absolute Gasteiger partial charge is 0.504 e.